The average Bonchev–Trinajstić information content (AvgIpc) is 3.06. The van der Waals surface area contributed by atoms with E-state index in [0.29, 0.717) is 6.42 Å². The zero-order valence-corrected chi connectivity index (χ0v) is 13.2. The van der Waals surface area contributed by atoms with E-state index in [-0.39, 0.29) is 17.8 Å². The van der Waals surface area contributed by atoms with E-state index in [0.717, 1.165) is 36.3 Å². The number of rotatable bonds is 4. The molecule has 1 fully saturated rings. The number of ether oxygens (including phenoxy) is 1. The lowest BCUT2D eigenvalue weighted by atomic mass is 10.0. The molecule has 1 atom stereocenters. The number of carbonyl (C=O) groups is 1. The third-order valence-electron chi connectivity index (χ3n) is 4.34. The molecule has 1 saturated heterocycles. The van der Waals surface area contributed by atoms with Gasteiger partial charge in [-0.2, -0.15) is 0 Å². The van der Waals surface area contributed by atoms with Crippen LogP contribution in [0.1, 0.15) is 30.0 Å². The van der Waals surface area contributed by atoms with Crippen LogP contribution in [0.15, 0.2) is 48.5 Å². The van der Waals surface area contributed by atoms with Crippen LogP contribution in [0.4, 0.5) is 4.39 Å². The largest absolute Gasteiger partial charge is 0.497 e. The summed E-state index contributed by atoms with van der Waals surface area (Å²) in [5.74, 6) is 0.649. The average molecular weight is 313 g/mol. The van der Waals surface area contributed by atoms with Crippen molar-refractivity contribution in [3.63, 3.8) is 0 Å². The lowest BCUT2D eigenvalue weighted by Gasteiger charge is -2.25. The minimum atomic E-state index is -0.247. The standard InChI is InChI=1S/C19H20FNO2/c1-23-17-10-4-14(5-11-17)13-19(22)21-12-2-3-18(21)15-6-8-16(20)9-7-15/h4-11,18H,2-3,12-13H2,1H3. The van der Waals surface area contributed by atoms with Gasteiger partial charge in [0.15, 0.2) is 0 Å². The van der Waals surface area contributed by atoms with Crippen molar-refractivity contribution in [2.75, 3.05) is 13.7 Å². The van der Waals surface area contributed by atoms with Crippen molar-refractivity contribution in [3.05, 3.63) is 65.5 Å². The molecule has 1 heterocycles. The lowest BCUT2D eigenvalue weighted by molar-refractivity contribution is -0.131. The number of halogens is 1. The maximum Gasteiger partial charge on any atom is 0.227 e. The first-order valence-corrected chi connectivity index (χ1v) is 7.85. The van der Waals surface area contributed by atoms with Gasteiger partial charge in [0.1, 0.15) is 11.6 Å². The molecule has 1 aliphatic rings. The molecule has 0 spiro atoms. The molecule has 3 nitrogen and oxygen atoms in total. The Hall–Kier alpha value is -2.36. The van der Waals surface area contributed by atoms with Crippen molar-refractivity contribution in [2.45, 2.75) is 25.3 Å². The Balaban J connectivity index is 1.71. The smallest absolute Gasteiger partial charge is 0.227 e. The van der Waals surface area contributed by atoms with Gasteiger partial charge in [-0.3, -0.25) is 4.79 Å². The highest BCUT2D eigenvalue weighted by molar-refractivity contribution is 5.79. The second kappa shape index (κ2) is 6.82. The topological polar surface area (TPSA) is 29.5 Å². The van der Waals surface area contributed by atoms with Crippen LogP contribution in [0.2, 0.25) is 0 Å². The monoisotopic (exact) mass is 313 g/mol. The molecule has 1 aliphatic heterocycles. The molecular formula is C19H20FNO2. The first-order valence-electron chi connectivity index (χ1n) is 7.85. The summed E-state index contributed by atoms with van der Waals surface area (Å²) in [4.78, 5) is 14.6. The lowest BCUT2D eigenvalue weighted by Crippen LogP contribution is -2.31. The molecule has 3 rings (SSSR count). The highest BCUT2D eigenvalue weighted by Crippen LogP contribution is 2.32. The number of amides is 1. The maximum atomic E-state index is 13.1. The summed E-state index contributed by atoms with van der Waals surface area (Å²) in [6, 6.07) is 14.1. The van der Waals surface area contributed by atoms with Crippen molar-refractivity contribution >= 4 is 5.91 Å². The van der Waals surface area contributed by atoms with Crippen molar-refractivity contribution in [3.8, 4) is 5.75 Å². The van der Waals surface area contributed by atoms with Gasteiger partial charge in [-0.15, -0.1) is 0 Å². The molecule has 23 heavy (non-hydrogen) atoms. The van der Waals surface area contributed by atoms with E-state index < -0.39 is 0 Å². The van der Waals surface area contributed by atoms with Gasteiger partial charge in [-0.1, -0.05) is 24.3 Å². The number of likely N-dealkylation sites (tertiary alicyclic amines) is 1. The summed E-state index contributed by atoms with van der Waals surface area (Å²) in [7, 11) is 1.62. The fraction of sp³-hybridized carbons (Fsp3) is 0.316. The summed E-state index contributed by atoms with van der Waals surface area (Å²) < 4.78 is 18.2. The molecule has 0 bridgehead atoms. The Morgan fingerprint density at radius 3 is 2.52 bits per heavy atom. The van der Waals surface area contributed by atoms with Crippen molar-refractivity contribution in [2.24, 2.45) is 0 Å². The summed E-state index contributed by atoms with van der Waals surface area (Å²) in [5.41, 5.74) is 1.98. The van der Waals surface area contributed by atoms with Gasteiger partial charge in [-0.25, -0.2) is 4.39 Å². The minimum absolute atomic E-state index is 0.0568. The van der Waals surface area contributed by atoms with Crippen LogP contribution in [0.5, 0.6) is 5.75 Å². The first kappa shape index (κ1) is 15.5. The number of nitrogens with zero attached hydrogens (tertiary/aromatic N) is 1. The highest BCUT2D eigenvalue weighted by atomic mass is 19.1. The third-order valence-corrected chi connectivity index (χ3v) is 4.34. The molecule has 0 radical (unpaired) electrons. The number of benzene rings is 2. The van der Waals surface area contributed by atoms with Gasteiger partial charge in [0.05, 0.1) is 19.6 Å². The quantitative estimate of drug-likeness (QED) is 0.860. The van der Waals surface area contributed by atoms with Gasteiger partial charge in [0.25, 0.3) is 0 Å². The van der Waals surface area contributed by atoms with Gasteiger partial charge in [-0.05, 0) is 48.2 Å². The Morgan fingerprint density at radius 1 is 1.17 bits per heavy atom. The predicted octanol–water partition coefficient (Wildman–Crippen LogP) is 3.74. The van der Waals surface area contributed by atoms with Gasteiger partial charge >= 0.3 is 0 Å². The first-order chi connectivity index (χ1) is 11.2. The molecule has 1 amide bonds. The molecule has 0 N–H and O–H groups in total. The fourth-order valence-electron chi connectivity index (χ4n) is 3.12. The van der Waals surface area contributed by atoms with E-state index in [4.69, 9.17) is 4.74 Å². The summed E-state index contributed by atoms with van der Waals surface area (Å²) in [6.07, 6.45) is 2.29. The number of hydrogen-bond acceptors (Lipinski definition) is 2. The fourth-order valence-corrected chi connectivity index (χ4v) is 3.12. The third kappa shape index (κ3) is 3.52. The predicted molar refractivity (Wildman–Crippen MR) is 86.8 cm³/mol. The van der Waals surface area contributed by atoms with E-state index in [1.807, 2.05) is 29.2 Å². The van der Waals surface area contributed by atoms with Crippen molar-refractivity contribution in [1.82, 2.24) is 4.90 Å². The second-order valence-electron chi connectivity index (χ2n) is 5.82. The Bertz CT molecular complexity index is 667. The molecule has 2 aromatic carbocycles. The van der Waals surface area contributed by atoms with Crippen LogP contribution < -0.4 is 4.74 Å². The maximum absolute atomic E-state index is 13.1. The van der Waals surface area contributed by atoms with E-state index in [1.165, 1.54) is 12.1 Å². The molecule has 0 saturated carbocycles. The highest BCUT2D eigenvalue weighted by Gasteiger charge is 2.29. The van der Waals surface area contributed by atoms with Gasteiger partial charge in [0.2, 0.25) is 5.91 Å². The van der Waals surface area contributed by atoms with Gasteiger partial charge in [0, 0.05) is 6.54 Å². The Morgan fingerprint density at radius 2 is 1.87 bits per heavy atom. The summed E-state index contributed by atoms with van der Waals surface area (Å²) in [5, 5.41) is 0. The number of methoxy groups -OCH3 is 1. The molecular weight excluding hydrogens is 293 g/mol. The Kier molecular flexibility index (Phi) is 4.60. The molecule has 0 aliphatic carbocycles. The van der Waals surface area contributed by atoms with Crippen molar-refractivity contribution in [1.29, 1.82) is 0 Å². The van der Waals surface area contributed by atoms with Crippen LogP contribution in [-0.2, 0) is 11.2 Å². The zero-order chi connectivity index (χ0) is 16.2. The van der Waals surface area contributed by atoms with E-state index >= 15 is 0 Å². The van der Waals surface area contributed by atoms with Crippen molar-refractivity contribution < 1.29 is 13.9 Å². The van der Waals surface area contributed by atoms with Crippen LogP contribution in [0, 0.1) is 5.82 Å². The second-order valence-corrected chi connectivity index (χ2v) is 5.82. The number of carbonyl (C=O) groups excluding carboxylic acids is 1. The van der Waals surface area contributed by atoms with Crippen LogP contribution in [-0.4, -0.2) is 24.5 Å². The summed E-state index contributed by atoms with van der Waals surface area (Å²) >= 11 is 0. The zero-order valence-electron chi connectivity index (χ0n) is 13.2. The molecule has 4 heteroatoms. The Labute approximate surface area is 135 Å². The van der Waals surface area contributed by atoms with E-state index in [2.05, 4.69) is 0 Å². The van der Waals surface area contributed by atoms with Gasteiger partial charge < -0.3 is 9.64 Å². The van der Waals surface area contributed by atoms with E-state index in [1.54, 1.807) is 19.2 Å². The minimum Gasteiger partial charge on any atom is -0.497 e. The van der Waals surface area contributed by atoms with Crippen LogP contribution >= 0.6 is 0 Å². The molecule has 2 aromatic rings. The summed E-state index contributed by atoms with van der Waals surface area (Å²) in [6.45, 7) is 0.761. The number of hydrogen-bond donors (Lipinski definition) is 0. The van der Waals surface area contributed by atoms with Crippen LogP contribution in [0.25, 0.3) is 0 Å². The molecule has 0 aromatic heterocycles. The molecule has 120 valence electrons. The normalized spacial score (nSPS) is 17.3. The van der Waals surface area contributed by atoms with Crippen LogP contribution in [0.3, 0.4) is 0 Å². The SMILES string of the molecule is COc1ccc(CC(=O)N2CCCC2c2ccc(F)cc2)cc1. The molecule has 1 unspecified atom stereocenters. The van der Waals surface area contributed by atoms with E-state index in [9.17, 15) is 9.18 Å².